The average molecular weight is 341 g/mol. The first-order valence-corrected chi connectivity index (χ1v) is 7.92. The van der Waals surface area contributed by atoms with Gasteiger partial charge < -0.3 is 14.8 Å². The summed E-state index contributed by atoms with van der Waals surface area (Å²) in [6, 6.07) is 12.7. The molecule has 1 atom stereocenters. The second-order valence-corrected chi connectivity index (χ2v) is 5.52. The lowest BCUT2D eigenvalue weighted by molar-refractivity contribution is -0.121. The standard InChI is InChI=1S/C19H23N3O3/c1-13-7-5-6-8-17(13)21-14(2)19(23)22-20-12-15-9-10-16(24-3)11-18(15)25-4/h5-12,14,21H,1-4H3,(H,22,23)/b20-12-/t14-/m1/s1. The summed E-state index contributed by atoms with van der Waals surface area (Å²) in [6.45, 7) is 3.77. The van der Waals surface area contributed by atoms with Crippen LogP contribution in [0.1, 0.15) is 18.1 Å². The van der Waals surface area contributed by atoms with Gasteiger partial charge in [-0.1, -0.05) is 18.2 Å². The molecule has 6 heteroatoms. The van der Waals surface area contributed by atoms with E-state index < -0.39 is 6.04 Å². The molecule has 2 aromatic carbocycles. The van der Waals surface area contributed by atoms with Crippen molar-refractivity contribution in [1.82, 2.24) is 5.43 Å². The van der Waals surface area contributed by atoms with E-state index in [1.807, 2.05) is 37.3 Å². The van der Waals surface area contributed by atoms with Crippen molar-refractivity contribution in [3.8, 4) is 11.5 Å². The van der Waals surface area contributed by atoms with Crippen LogP contribution < -0.4 is 20.2 Å². The summed E-state index contributed by atoms with van der Waals surface area (Å²) in [5, 5.41) is 7.17. The molecule has 6 nitrogen and oxygen atoms in total. The van der Waals surface area contributed by atoms with Crippen LogP contribution in [0.25, 0.3) is 0 Å². The zero-order valence-electron chi connectivity index (χ0n) is 14.9. The Labute approximate surface area is 147 Å². The normalized spacial score (nSPS) is 11.8. The first kappa shape index (κ1) is 18.3. The van der Waals surface area contributed by atoms with Crippen molar-refractivity contribution in [2.45, 2.75) is 19.9 Å². The summed E-state index contributed by atoms with van der Waals surface area (Å²) in [4.78, 5) is 12.2. The highest BCUT2D eigenvalue weighted by molar-refractivity contribution is 5.88. The van der Waals surface area contributed by atoms with Crippen molar-refractivity contribution in [3.63, 3.8) is 0 Å². The lowest BCUT2D eigenvalue weighted by Gasteiger charge is -2.15. The molecule has 0 bridgehead atoms. The van der Waals surface area contributed by atoms with Gasteiger partial charge in [-0.2, -0.15) is 5.10 Å². The molecule has 0 aliphatic heterocycles. The summed E-state index contributed by atoms with van der Waals surface area (Å²) < 4.78 is 10.4. The van der Waals surface area contributed by atoms with Crippen LogP contribution in [0.5, 0.6) is 11.5 Å². The van der Waals surface area contributed by atoms with Gasteiger partial charge in [0.2, 0.25) is 0 Å². The van der Waals surface area contributed by atoms with Crippen LogP contribution in [0.3, 0.4) is 0 Å². The van der Waals surface area contributed by atoms with Crippen molar-refractivity contribution in [2.24, 2.45) is 5.10 Å². The van der Waals surface area contributed by atoms with E-state index >= 15 is 0 Å². The van der Waals surface area contributed by atoms with E-state index in [-0.39, 0.29) is 5.91 Å². The predicted molar refractivity (Wildman–Crippen MR) is 99.5 cm³/mol. The number of nitrogens with zero attached hydrogens (tertiary/aromatic N) is 1. The number of methoxy groups -OCH3 is 2. The molecule has 25 heavy (non-hydrogen) atoms. The van der Waals surface area contributed by atoms with E-state index in [0.29, 0.717) is 11.5 Å². The maximum absolute atomic E-state index is 12.2. The summed E-state index contributed by atoms with van der Waals surface area (Å²) in [5.74, 6) is 1.07. The van der Waals surface area contributed by atoms with Gasteiger partial charge in [0, 0.05) is 17.3 Å². The Morgan fingerprint density at radius 2 is 1.92 bits per heavy atom. The van der Waals surface area contributed by atoms with E-state index in [2.05, 4.69) is 15.8 Å². The first-order chi connectivity index (χ1) is 12.0. The SMILES string of the molecule is COc1ccc(/C=N\NC(=O)[C@@H](C)Nc2ccccc2C)c(OC)c1. The fourth-order valence-corrected chi connectivity index (χ4v) is 2.22. The fourth-order valence-electron chi connectivity index (χ4n) is 2.22. The van der Waals surface area contributed by atoms with Crippen molar-refractivity contribution >= 4 is 17.8 Å². The number of nitrogens with one attached hydrogen (secondary N) is 2. The minimum atomic E-state index is -0.420. The zero-order chi connectivity index (χ0) is 18.2. The minimum Gasteiger partial charge on any atom is -0.497 e. The highest BCUT2D eigenvalue weighted by Crippen LogP contribution is 2.23. The van der Waals surface area contributed by atoms with Crippen LogP contribution in [0.2, 0.25) is 0 Å². The van der Waals surface area contributed by atoms with Crippen molar-refractivity contribution < 1.29 is 14.3 Å². The Morgan fingerprint density at radius 1 is 1.16 bits per heavy atom. The Bertz CT molecular complexity index is 759. The first-order valence-electron chi connectivity index (χ1n) is 7.92. The maximum atomic E-state index is 12.2. The number of rotatable bonds is 7. The van der Waals surface area contributed by atoms with E-state index in [0.717, 1.165) is 16.8 Å². The number of para-hydroxylation sites is 1. The Balaban J connectivity index is 1.97. The summed E-state index contributed by atoms with van der Waals surface area (Å²) in [7, 11) is 3.16. The Morgan fingerprint density at radius 3 is 2.60 bits per heavy atom. The molecule has 0 spiro atoms. The molecule has 2 aromatic rings. The molecule has 2 rings (SSSR count). The number of benzene rings is 2. The molecule has 0 aromatic heterocycles. The molecule has 0 saturated heterocycles. The van der Waals surface area contributed by atoms with Gasteiger partial charge in [0.25, 0.3) is 5.91 Å². The smallest absolute Gasteiger partial charge is 0.262 e. The molecular formula is C19H23N3O3. The Hall–Kier alpha value is -3.02. The predicted octanol–water partition coefficient (Wildman–Crippen LogP) is 2.96. The van der Waals surface area contributed by atoms with Gasteiger partial charge in [0.05, 0.1) is 20.4 Å². The topological polar surface area (TPSA) is 72.0 Å². The third-order valence-corrected chi connectivity index (χ3v) is 3.73. The second kappa shape index (κ2) is 8.73. The number of ether oxygens (including phenoxy) is 2. The molecule has 0 heterocycles. The molecule has 0 aliphatic carbocycles. The quantitative estimate of drug-likeness (QED) is 0.600. The van der Waals surface area contributed by atoms with Crippen LogP contribution in [-0.2, 0) is 4.79 Å². The van der Waals surface area contributed by atoms with Crippen LogP contribution >= 0.6 is 0 Å². The van der Waals surface area contributed by atoms with Crippen molar-refractivity contribution in [1.29, 1.82) is 0 Å². The van der Waals surface area contributed by atoms with Crippen LogP contribution in [-0.4, -0.2) is 32.4 Å². The number of hydrogen-bond acceptors (Lipinski definition) is 5. The highest BCUT2D eigenvalue weighted by Gasteiger charge is 2.12. The molecule has 2 N–H and O–H groups in total. The van der Waals surface area contributed by atoms with Gasteiger partial charge in [0.15, 0.2) is 0 Å². The molecule has 0 saturated carbocycles. The fraction of sp³-hybridized carbons (Fsp3) is 0.263. The molecular weight excluding hydrogens is 318 g/mol. The number of anilines is 1. The second-order valence-electron chi connectivity index (χ2n) is 5.52. The number of hydrazone groups is 1. The number of amides is 1. The largest absolute Gasteiger partial charge is 0.497 e. The third-order valence-electron chi connectivity index (χ3n) is 3.73. The van der Waals surface area contributed by atoms with Crippen LogP contribution in [0.15, 0.2) is 47.6 Å². The third kappa shape index (κ3) is 4.97. The van der Waals surface area contributed by atoms with E-state index in [1.54, 1.807) is 33.3 Å². The number of carbonyl (C=O) groups is 1. The van der Waals surface area contributed by atoms with Crippen LogP contribution in [0.4, 0.5) is 5.69 Å². The monoisotopic (exact) mass is 341 g/mol. The van der Waals surface area contributed by atoms with Gasteiger partial charge in [-0.25, -0.2) is 5.43 Å². The molecule has 1 amide bonds. The number of aryl methyl sites for hydroxylation is 1. The molecule has 0 aliphatic rings. The van der Waals surface area contributed by atoms with E-state index in [9.17, 15) is 4.79 Å². The van der Waals surface area contributed by atoms with Crippen LogP contribution in [0, 0.1) is 6.92 Å². The van der Waals surface area contributed by atoms with Gasteiger partial charge in [-0.15, -0.1) is 0 Å². The van der Waals surface area contributed by atoms with Gasteiger partial charge >= 0.3 is 0 Å². The lowest BCUT2D eigenvalue weighted by atomic mass is 10.2. The van der Waals surface area contributed by atoms with Gasteiger partial charge in [0.1, 0.15) is 17.5 Å². The summed E-state index contributed by atoms with van der Waals surface area (Å²) >= 11 is 0. The lowest BCUT2D eigenvalue weighted by Crippen LogP contribution is -2.35. The van der Waals surface area contributed by atoms with Gasteiger partial charge in [-0.3, -0.25) is 4.79 Å². The average Bonchev–Trinajstić information content (AvgIpc) is 2.63. The molecule has 0 unspecified atom stereocenters. The number of carbonyl (C=O) groups excluding carboxylic acids is 1. The highest BCUT2D eigenvalue weighted by atomic mass is 16.5. The molecule has 0 fully saturated rings. The Kier molecular flexibility index (Phi) is 6.39. The van der Waals surface area contributed by atoms with Gasteiger partial charge in [-0.05, 0) is 37.6 Å². The van der Waals surface area contributed by atoms with E-state index in [4.69, 9.17) is 9.47 Å². The molecule has 132 valence electrons. The zero-order valence-corrected chi connectivity index (χ0v) is 14.9. The maximum Gasteiger partial charge on any atom is 0.262 e. The summed E-state index contributed by atoms with van der Waals surface area (Å²) in [6.07, 6.45) is 1.54. The van der Waals surface area contributed by atoms with Crippen molar-refractivity contribution in [3.05, 3.63) is 53.6 Å². The molecule has 0 radical (unpaired) electrons. The number of hydrogen-bond donors (Lipinski definition) is 2. The van der Waals surface area contributed by atoms with E-state index in [1.165, 1.54) is 6.21 Å². The summed E-state index contributed by atoms with van der Waals surface area (Å²) in [5.41, 5.74) is 5.27. The van der Waals surface area contributed by atoms with Crippen molar-refractivity contribution in [2.75, 3.05) is 19.5 Å². The minimum absolute atomic E-state index is 0.230.